The summed E-state index contributed by atoms with van der Waals surface area (Å²) < 4.78 is 0. The zero-order valence-corrected chi connectivity index (χ0v) is 7.16. The van der Waals surface area contributed by atoms with E-state index in [2.05, 4.69) is 5.32 Å². The number of rotatable bonds is 1. The SMILES string of the molecule is CC(=O)N[C@H]1CCC[C@@H](O)[C@@H]1O. The van der Waals surface area contributed by atoms with Crippen molar-refractivity contribution < 1.29 is 15.0 Å². The predicted octanol–water partition coefficient (Wildman–Crippen LogP) is -0.603. The van der Waals surface area contributed by atoms with Crippen LogP contribution in [0.2, 0.25) is 0 Å². The van der Waals surface area contributed by atoms with Gasteiger partial charge in [-0.3, -0.25) is 4.79 Å². The molecule has 1 amide bonds. The van der Waals surface area contributed by atoms with Crippen molar-refractivity contribution in [3.63, 3.8) is 0 Å². The molecule has 1 rings (SSSR count). The van der Waals surface area contributed by atoms with Crippen LogP contribution in [0.25, 0.3) is 0 Å². The van der Waals surface area contributed by atoms with Gasteiger partial charge in [-0.25, -0.2) is 0 Å². The van der Waals surface area contributed by atoms with Gasteiger partial charge < -0.3 is 15.5 Å². The fraction of sp³-hybridized carbons (Fsp3) is 0.875. The first-order valence-electron chi connectivity index (χ1n) is 4.24. The maximum absolute atomic E-state index is 10.7. The molecule has 0 heterocycles. The molecule has 3 atom stereocenters. The van der Waals surface area contributed by atoms with E-state index >= 15 is 0 Å². The highest BCUT2D eigenvalue weighted by atomic mass is 16.3. The molecule has 0 bridgehead atoms. The molecular formula is C8H15NO3. The highest BCUT2D eigenvalue weighted by molar-refractivity contribution is 5.73. The second-order valence-electron chi connectivity index (χ2n) is 3.30. The van der Waals surface area contributed by atoms with Gasteiger partial charge in [0.1, 0.15) is 0 Å². The Labute approximate surface area is 71.6 Å². The normalized spacial score (nSPS) is 36.1. The van der Waals surface area contributed by atoms with Crippen molar-refractivity contribution in [1.29, 1.82) is 0 Å². The molecule has 0 radical (unpaired) electrons. The summed E-state index contributed by atoms with van der Waals surface area (Å²) in [6.07, 6.45) is 0.733. The van der Waals surface area contributed by atoms with Crippen molar-refractivity contribution in [2.24, 2.45) is 0 Å². The Balaban J connectivity index is 2.46. The molecule has 4 heteroatoms. The molecule has 12 heavy (non-hydrogen) atoms. The first kappa shape index (κ1) is 9.48. The number of carbonyl (C=O) groups excluding carboxylic acids is 1. The predicted molar refractivity (Wildman–Crippen MR) is 43.5 cm³/mol. The lowest BCUT2D eigenvalue weighted by Crippen LogP contribution is -2.50. The third kappa shape index (κ3) is 2.19. The molecule has 0 saturated heterocycles. The molecule has 1 aliphatic carbocycles. The molecule has 4 nitrogen and oxygen atoms in total. The van der Waals surface area contributed by atoms with Gasteiger partial charge in [-0.05, 0) is 19.3 Å². The highest BCUT2D eigenvalue weighted by Crippen LogP contribution is 2.18. The van der Waals surface area contributed by atoms with Gasteiger partial charge in [0.2, 0.25) is 5.91 Å². The van der Waals surface area contributed by atoms with Crippen LogP contribution in [0, 0.1) is 0 Å². The molecule has 0 aromatic heterocycles. The van der Waals surface area contributed by atoms with Crippen molar-refractivity contribution in [2.75, 3.05) is 0 Å². The van der Waals surface area contributed by atoms with Crippen molar-refractivity contribution in [3.8, 4) is 0 Å². The molecule has 70 valence electrons. The summed E-state index contributed by atoms with van der Waals surface area (Å²) in [6, 6.07) is -0.272. The van der Waals surface area contributed by atoms with Gasteiger partial charge in [0.25, 0.3) is 0 Å². The van der Waals surface area contributed by atoms with E-state index in [4.69, 9.17) is 0 Å². The second kappa shape index (κ2) is 3.87. The summed E-state index contributed by atoms with van der Waals surface area (Å²) >= 11 is 0. The Morgan fingerprint density at radius 3 is 2.67 bits per heavy atom. The van der Waals surface area contributed by atoms with Crippen molar-refractivity contribution in [3.05, 3.63) is 0 Å². The number of nitrogens with one attached hydrogen (secondary N) is 1. The van der Waals surface area contributed by atoms with Crippen LogP contribution in [0.5, 0.6) is 0 Å². The van der Waals surface area contributed by atoms with Gasteiger partial charge in [-0.1, -0.05) is 0 Å². The average molecular weight is 173 g/mol. The molecule has 0 spiro atoms. The van der Waals surface area contributed by atoms with Gasteiger partial charge in [0, 0.05) is 6.92 Å². The van der Waals surface area contributed by atoms with E-state index in [0.717, 1.165) is 12.8 Å². The quantitative estimate of drug-likeness (QED) is 0.496. The van der Waals surface area contributed by atoms with Crippen LogP contribution < -0.4 is 5.32 Å². The molecule has 3 N–H and O–H groups in total. The second-order valence-corrected chi connectivity index (χ2v) is 3.30. The zero-order valence-electron chi connectivity index (χ0n) is 7.16. The maximum Gasteiger partial charge on any atom is 0.217 e. The van der Waals surface area contributed by atoms with Gasteiger partial charge >= 0.3 is 0 Å². The molecule has 0 aliphatic heterocycles. The lowest BCUT2D eigenvalue weighted by molar-refractivity contribution is -0.122. The number of amides is 1. The Morgan fingerprint density at radius 2 is 2.08 bits per heavy atom. The summed E-state index contributed by atoms with van der Waals surface area (Å²) in [6.45, 7) is 1.41. The zero-order chi connectivity index (χ0) is 9.14. The van der Waals surface area contributed by atoms with Crippen LogP contribution in [-0.4, -0.2) is 34.4 Å². The lowest BCUT2D eigenvalue weighted by atomic mass is 9.90. The van der Waals surface area contributed by atoms with Crippen LogP contribution in [0.15, 0.2) is 0 Å². The number of hydrogen-bond donors (Lipinski definition) is 3. The Bertz CT molecular complexity index is 172. The number of hydrogen-bond acceptors (Lipinski definition) is 3. The lowest BCUT2D eigenvalue weighted by Gasteiger charge is -2.31. The van der Waals surface area contributed by atoms with Crippen molar-refractivity contribution in [1.82, 2.24) is 5.32 Å². The minimum atomic E-state index is -0.803. The van der Waals surface area contributed by atoms with E-state index in [0.29, 0.717) is 6.42 Å². The van der Waals surface area contributed by atoms with Crippen LogP contribution in [-0.2, 0) is 4.79 Å². The maximum atomic E-state index is 10.7. The molecular weight excluding hydrogens is 158 g/mol. The molecule has 1 aliphatic rings. The van der Waals surface area contributed by atoms with E-state index in [-0.39, 0.29) is 11.9 Å². The van der Waals surface area contributed by atoms with Crippen LogP contribution in [0.1, 0.15) is 26.2 Å². The van der Waals surface area contributed by atoms with E-state index < -0.39 is 12.2 Å². The smallest absolute Gasteiger partial charge is 0.217 e. The largest absolute Gasteiger partial charge is 0.390 e. The third-order valence-electron chi connectivity index (χ3n) is 2.21. The summed E-state index contributed by atoms with van der Waals surface area (Å²) in [7, 11) is 0. The molecule has 0 aromatic carbocycles. The fourth-order valence-electron chi connectivity index (χ4n) is 1.58. The van der Waals surface area contributed by atoms with E-state index in [9.17, 15) is 15.0 Å². The van der Waals surface area contributed by atoms with Crippen LogP contribution in [0.4, 0.5) is 0 Å². The van der Waals surface area contributed by atoms with Crippen molar-refractivity contribution in [2.45, 2.75) is 44.4 Å². The van der Waals surface area contributed by atoms with Crippen LogP contribution in [0.3, 0.4) is 0 Å². The number of aliphatic hydroxyl groups excluding tert-OH is 2. The fourth-order valence-corrected chi connectivity index (χ4v) is 1.58. The highest BCUT2D eigenvalue weighted by Gasteiger charge is 2.30. The van der Waals surface area contributed by atoms with Crippen LogP contribution >= 0.6 is 0 Å². The Hall–Kier alpha value is -0.610. The van der Waals surface area contributed by atoms with E-state index in [1.54, 1.807) is 0 Å². The molecule has 0 unspecified atom stereocenters. The van der Waals surface area contributed by atoms with Gasteiger partial charge in [0.05, 0.1) is 18.2 Å². The topological polar surface area (TPSA) is 69.6 Å². The minimum Gasteiger partial charge on any atom is -0.390 e. The first-order chi connectivity index (χ1) is 5.61. The monoisotopic (exact) mass is 173 g/mol. The standard InChI is InChI=1S/C8H15NO3/c1-5(10)9-6-3-2-4-7(11)8(6)12/h6-8,11-12H,2-4H2,1H3,(H,9,10)/t6-,7+,8+/m0/s1. The van der Waals surface area contributed by atoms with Gasteiger partial charge in [-0.2, -0.15) is 0 Å². The molecule has 1 fully saturated rings. The third-order valence-corrected chi connectivity index (χ3v) is 2.21. The van der Waals surface area contributed by atoms with E-state index in [1.165, 1.54) is 6.92 Å². The average Bonchev–Trinajstić information content (AvgIpc) is 1.98. The Morgan fingerprint density at radius 1 is 1.42 bits per heavy atom. The number of carbonyl (C=O) groups is 1. The van der Waals surface area contributed by atoms with Crippen molar-refractivity contribution >= 4 is 5.91 Å². The number of aliphatic hydroxyl groups is 2. The molecule has 1 saturated carbocycles. The minimum absolute atomic E-state index is 0.159. The van der Waals surface area contributed by atoms with Gasteiger partial charge in [0.15, 0.2) is 0 Å². The molecule has 0 aromatic rings. The first-order valence-corrected chi connectivity index (χ1v) is 4.24. The summed E-state index contributed by atoms with van der Waals surface area (Å²) in [5, 5.41) is 21.3. The summed E-state index contributed by atoms with van der Waals surface area (Å²) in [5.74, 6) is -0.159. The van der Waals surface area contributed by atoms with E-state index in [1.807, 2.05) is 0 Å². The summed E-state index contributed by atoms with van der Waals surface area (Å²) in [5.41, 5.74) is 0. The van der Waals surface area contributed by atoms with Gasteiger partial charge in [-0.15, -0.1) is 0 Å². The Kier molecular flexibility index (Phi) is 3.05. The summed E-state index contributed by atoms with van der Waals surface area (Å²) in [4.78, 5) is 10.7.